The lowest BCUT2D eigenvalue weighted by molar-refractivity contribution is 0.0945. The van der Waals surface area contributed by atoms with E-state index in [1.54, 1.807) is 36.0 Å². The van der Waals surface area contributed by atoms with Crippen LogP contribution in [0.3, 0.4) is 0 Å². The highest BCUT2D eigenvalue weighted by Crippen LogP contribution is 2.28. The number of hydrogen-bond acceptors (Lipinski definition) is 7. The Kier molecular flexibility index (Phi) is 8.60. The van der Waals surface area contributed by atoms with Gasteiger partial charge < -0.3 is 30.6 Å². The second-order valence-corrected chi connectivity index (χ2v) is 9.79. The van der Waals surface area contributed by atoms with Crippen molar-refractivity contribution in [2.24, 2.45) is 7.05 Å². The highest BCUT2D eigenvalue weighted by Gasteiger charge is 2.16. The number of pyridine rings is 1. The Morgan fingerprint density at radius 3 is 2.67 bits per heavy atom. The molecular formula is C31H30FN5O5. The van der Waals surface area contributed by atoms with E-state index in [4.69, 9.17) is 4.74 Å². The fraction of sp³-hybridized carbons (Fsp3) is 0.194. The number of aromatic amines is 1. The highest BCUT2D eigenvalue weighted by molar-refractivity contribution is 5.92. The minimum Gasteiger partial charge on any atom is -0.506 e. The number of nitrogens with one attached hydrogen (secondary N) is 3. The van der Waals surface area contributed by atoms with Crippen LogP contribution in [0.4, 0.5) is 4.39 Å². The SMILES string of the molecule is Cn1nc(C(=O)NCc2ccc(CNCC(O)c3ccc(O)c4[nH]c(=O)ccc34)c(F)c2)cc1COc1ccccc1. The molecule has 0 saturated heterocycles. The van der Waals surface area contributed by atoms with Gasteiger partial charge in [-0.1, -0.05) is 36.4 Å². The van der Waals surface area contributed by atoms with Crippen LogP contribution >= 0.6 is 0 Å². The molecule has 1 amide bonds. The number of aliphatic hydroxyl groups excluding tert-OH is 1. The number of phenolic OH excluding ortho intramolecular Hbond substituents is 1. The third-order valence-corrected chi connectivity index (χ3v) is 6.83. The van der Waals surface area contributed by atoms with E-state index in [1.807, 2.05) is 30.3 Å². The molecule has 0 aliphatic carbocycles. The summed E-state index contributed by atoms with van der Waals surface area (Å²) in [5, 5.41) is 31.3. The second-order valence-electron chi connectivity index (χ2n) is 9.79. The zero-order valence-electron chi connectivity index (χ0n) is 22.8. The Bertz CT molecular complexity index is 1770. The van der Waals surface area contributed by atoms with Crippen molar-refractivity contribution in [3.8, 4) is 11.5 Å². The van der Waals surface area contributed by atoms with E-state index in [0.717, 1.165) is 5.69 Å². The summed E-state index contributed by atoms with van der Waals surface area (Å²) in [6.07, 6.45) is -0.964. The average Bonchev–Trinajstić information content (AvgIpc) is 3.37. The fourth-order valence-corrected chi connectivity index (χ4v) is 4.55. The van der Waals surface area contributed by atoms with Crippen molar-refractivity contribution in [1.82, 2.24) is 25.4 Å². The molecule has 0 aliphatic rings. The van der Waals surface area contributed by atoms with Gasteiger partial charge in [0.1, 0.15) is 23.9 Å². The van der Waals surface area contributed by atoms with Crippen molar-refractivity contribution < 1.29 is 24.1 Å². The molecule has 5 rings (SSSR count). The monoisotopic (exact) mass is 571 g/mol. The average molecular weight is 572 g/mol. The third-order valence-electron chi connectivity index (χ3n) is 6.83. The van der Waals surface area contributed by atoms with Gasteiger partial charge in [0.2, 0.25) is 5.56 Å². The van der Waals surface area contributed by atoms with E-state index in [1.165, 1.54) is 24.3 Å². The predicted octanol–water partition coefficient (Wildman–Crippen LogP) is 3.44. The van der Waals surface area contributed by atoms with Crippen LogP contribution in [0.25, 0.3) is 10.9 Å². The molecule has 0 spiro atoms. The number of ether oxygens (including phenoxy) is 1. The van der Waals surface area contributed by atoms with E-state index >= 15 is 0 Å². The van der Waals surface area contributed by atoms with Crippen molar-refractivity contribution in [3.05, 3.63) is 123 Å². The van der Waals surface area contributed by atoms with Crippen molar-refractivity contribution in [1.29, 1.82) is 0 Å². The molecular weight excluding hydrogens is 541 g/mol. The predicted molar refractivity (Wildman–Crippen MR) is 154 cm³/mol. The number of amides is 1. The molecule has 2 aromatic heterocycles. The van der Waals surface area contributed by atoms with Crippen LogP contribution in [0, 0.1) is 5.82 Å². The van der Waals surface area contributed by atoms with Gasteiger partial charge in [-0.05, 0) is 47.5 Å². The maximum atomic E-state index is 14.8. The Balaban J connectivity index is 1.13. The number of nitrogens with zero attached hydrogens (tertiary/aromatic N) is 2. The number of aliphatic hydroxyl groups is 1. The van der Waals surface area contributed by atoms with Gasteiger partial charge in [-0.15, -0.1) is 0 Å². The Labute approximate surface area is 240 Å². The van der Waals surface area contributed by atoms with E-state index in [9.17, 15) is 24.2 Å². The van der Waals surface area contributed by atoms with E-state index in [0.29, 0.717) is 27.8 Å². The number of H-pyrrole nitrogens is 1. The number of phenols is 1. The number of halogens is 1. The molecule has 3 aromatic carbocycles. The number of aromatic hydroxyl groups is 1. The number of benzene rings is 3. The van der Waals surface area contributed by atoms with Gasteiger partial charge in [-0.25, -0.2) is 4.39 Å². The van der Waals surface area contributed by atoms with Gasteiger partial charge in [0.05, 0.1) is 17.3 Å². The molecule has 5 N–H and O–H groups in total. The number of fused-ring (bicyclic) bond motifs is 1. The normalized spacial score (nSPS) is 11.9. The van der Waals surface area contributed by atoms with Gasteiger partial charge in [0.25, 0.3) is 5.91 Å². The molecule has 10 nitrogen and oxygen atoms in total. The number of para-hydroxylation sites is 1. The molecule has 0 saturated carbocycles. The Hall–Kier alpha value is -5.00. The molecule has 1 atom stereocenters. The number of carbonyl (C=O) groups excluding carboxylic acids is 1. The van der Waals surface area contributed by atoms with E-state index in [-0.39, 0.29) is 54.7 Å². The largest absolute Gasteiger partial charge is 0.506 e. The van der Waals surface area contributed by atoms with Crippen molar-refractivity contribution in [2.45, 2.75) is 25.8 Å². The molecule has 5 aromatic rings. The van der Waals surface area contributed by atoms with E-state index < -0.39 is 11.9 Å². The lowest BCUT2D eigenvalue weighted by Crippen LogP contribution is -2.24. The molecule has 0 fully saturated rings. The maximum Gasteiger partial charge on any atom is 0.272 e. The lowest BCUT2D eigenvalue weighted by Gasteiger charge is -2.15. The summed E-state index contributed by atoms with van der Waals surface area (Å²) in [6.45, 7) is 0.637. The molecule has 0 radical (unpaired) electrons. The van der Waals surface area contributed by atoms with Crippen molar-refractivity contribution >= 4 is 16.8 Å². The fourth-order valence-electron chi connectivity index (χ4n) is 4.55. The van der Waals surface area contributed by atoms with Crippen molar-refractivity contribution in [2.75, 3.05) is 6.54 Å². The summed E-state index contributed by atoms with van der Waals surface area (Å²) in [5.41, 5.74) is 2.33. The number of hydrogen-bond donors (Lipinski definition) is 5. The molecule has 216 valence electrons. The van der Waals surface area contributed by atoms with Gasteiger partial charge in [-0.2, -0.15) is 5.10 Å². The lowest BCUT2D eigenvalue weighted by atomic mass is 10.0. The summed E-state index contributed by atoms with van der Waals surface area (Å²) in [6, 6.07) is 21.5. The van der Waals surface area contributed by atoms with Gasteiger partial charge in [0, 0.05) is 43.7 Å². The molecule has 0 aliphatic heterocycles. The summed E-state index contributed by atoms with van der Waals surface area (Å²) >= 11 is 0. The topological polar surface area (TPSA) is 142 Å². The first-order valence-electron chi connectivity index (χ1n) is 13.3. The molecule has 1 unspecified atom stereocenters. The third kappa shape index (κ3) is 6.65. The molecule has 42 heavy (non-hydrogen) atoms. The number of aryl methyl sites for hydroxylation is 1. The highest BCUT2D eigenvalue weighted by atomic mass is 19.1. The van der Waals surface area contributed by atoms with Crippen LogP contribution in [0.5, 0.6) is 11.5 Å². The Morgan fingerprint density at radius 1 is 1.07 bits per heavy atom. The first-order chi connectivity index (χ1) is 20.3. The zero-order valence-corrected chi connectivity index (χ0v) is 22.8. The maximum absolute atomic E-state index is 14.8. The second kappa shape index (κ2) is 12.7. The zero-order chi connectivity index (χ0) is 29.6. The van der Waals surface area contributed by atoms with Gasteiger partial charge in [0.15, 0.2) is 5.69 Å². The van der Waals surface area contributed by atoms with Gasteiger partial charge in [-0.3, -0.25) is 14.3 Å². The number of rotatable bonds is 11. The van der Waals surface area contributed by atoms with Crippen LogP contribution < -0.4 is 20.9 Å². The van der Waals surface area contributed by atoms with Crippen LogP contribution in [0.1, 0.15) is 39.0 Å². The summed E-state index contributed by atoms with van der Waals surface area (Å²) < 4.78 is 22.1. The molecule has 0 bridgehead atoms. The van der Waals surface area contributed by atoms with Crippen LogP contribution in [-0.4, -0.2) is 37.4 Å². The number of aromatic nitrogens is 3. The molecule has 2 heterocycles. The first kappa shape index (κ1) is 28.5. The van der Waals surface area contributed by atoms with Crippen LogP contribution in [0.15, 0.2) is 83.7 Å². The quantitative estimate of drug-likeness (QED) is 0.164. The minimum atomic E-state index is -0.964. The summed E-state index contributed by atoms with van der Waals surface area (Å²) in [4.78, 5) is 26.8. The smallest absolute Gasteiger partial charge is 0.272 e. The van der Waals surface area contributed by atoms with Crippen molar-refractivity contribution in [3.63, 3.8) is 0 Å². The van der Waals surface area contributed by atoms with Gasteiger partial charge >= 0.3 is 0 Å². The number of carbonyl (C=O) groups is 1. The van der Waals surface area contributed by atoms with E-state index in [2.05, 4.69) is 20.7 Å². The molecule has 11 heteroatoms. The Morgan fingerprint density at radius 2 is 1.88 bits per heavy atom. The first-order valence-corrected chi connectivity index (χ1v) is 13.3. The minimum absolute atomic E-state index is 0.0943. The standard InChI is InChI=1S/C31H30FN5O5/c1-37-21(18-42-22-5-3-2-4-6-22)14-26(36-37)31(41)34-15-19-7-8-20(25(32)13-19)16-33-17-28(39)23-9-11-27(38)30-24(23)10-12-29(40)35-30/h2-14,28,33,38-39H,15-18H2,1H3,(H,34,41)(H,35,40). The van der Waals surface area contributed by atoms with Crippen LogP contribution in [-0.2, 0) is 26.7 Å². The van der Waals surface area contributed by atoms with Crippen LogP contribution in [0.2, 0.25) is 0 Å². The summed E-state index contributed by atoms with van der Waals surface area (Å²) in [5.74, 6) is -0.216. The summed E-state index contributed by atoms with van der Waals surface area (Å²) in [7, 11) is 1.73.